The Bertz CT molecular complexity index is 1370. The van der Waals surface area contributed by atoms with Crippen LogP contribution in [-0.2, 0) is 22.6 Å². The van der Waals surface area contributed by atoms with Crippen molar-refractivity contribution >= 4 is 38.5 Å². The molecule has 1 atom stereocenters. The van der Waals surface area contributed by atoms with Gasteiger partial charge in [0.25, 0.3) is 5.91 Å². The third-order valence-electron chi connectivity index (χ3n) is 6.47. The Labute approximate surface area is 232 Å². The smallest absolute Gasteiger partial charge is 0.261 e. The van der Waals surface area contributed by atoms with Crippen molar-refractivity contribution in [2.45, 2.75) is 39.3 Å². The topological polar surface area (TPSA) is 58.6 Å². The standard InChI is InChI=1S/C32H33BrN2O3/c1-3-19-34-32(37)28(20-24-9-5-4-6-10-24)35(21-25-15-13-23(2)14-16-25)30(36)22-38-29-18-17-26-11-7-8-12-27(26)31(29)33/h4-18,28H,3,19-22H2,1-2H3,(H,34,37). The van der Waals surface area contributed by atoms with Gasteiger partial charge in [-0.2, -0.15) is 0 Å². The van der Waals surface area contributed by atoms with Gasteiger partial charge in [-0.15, -0.1) is 0 Å². The van der Waals surface area contributed by atoms with E-state index in [1.807, 2.05) is 105 Å². The normalized spacial score (nSPS) is 11.7. The van der Waals surface area contributed by atoms with Crippen LogP contribution in [0.4, 0.5) is 0 Å². The third-order valence-corrected chi connectivity index (χ3v) is 7.29. The van der Waals surface area contributed by atoms with Crippen LogP contribution in [0.25, 0.3) is 10.8 Å². The zero-order chi connectivity index (χ0) is 26.9. The highest BCUT2D eigenvalue weighted by Gasteiger charge is 2.30. The average molecular weight is 574 g/mol. The number of rotatable bonds is 11. The monoisotopic (exact) mass is 572 g/mol. The second-order valence-electron chi connectivity index (χ2n) is 9.39. The quantitative estimate of drug-likeness (QED) is 0.224. The molecular weight excluding hydrogens is 540 g/mol. The van der Waals surface area contributed by atoms with E-state index in [9.17, 15) is 9.59 Å². The van der Waals surface area contributed by atoms with E-state index in [1.165, 1.54) is 0 Å². The Kier molecular flexibility index (Phi) is 9.55. The maximum Gasteiger partial charge on any atom is 0.261 e. The Hall–Kier alpha value is -3.64. The van der Waals surface area contributed by atoms with Crippen LogP contribution >= 0.6 is 15.9 Å². The van der Waals surface area contributed by atoms with E-state index in [0.717, 1.165) is 38.4 Å². The lowest BCUT2D eigenvalue weighted by Crippen LogP contribution is -2.51. The van der Waals surface area contributed by atoms with Gasteiger partial charge in [0, 0.05) is 19.5 Å². The summed E-state index contributed by atoms with van der Waals surface area (Å²) in [6.07, 6.45) is 1.22. The van der Waals surface area contributed by atoms with Gasteiger partial charge >= 0.3 is 0 Å². The van der Waals surface area contributed by atoms with Gasteiger partial charge in [-0.25, -0.2) is 0 Å². The fraction of sp³-hybridized carbons (Fsp3) is 0.250. The minimum absolute atomic E-state index is 0.164. The van der Waals surface area contributed by atoms with E-state index in [0.29, 0.717) is 25.3 Å². The molecule has 0 fully saturated rings. The molecule has 0 aliphatic carbocycles. The largest absolute Gasteiger partial charge is 0.483 e. The fourth-order valence-corrected chi connectivity index (χ4v) is 4.97. The molecule has 4 rings (SSSR count). The highest BCUT2D eigenvalue weighted by Crippen LogP contribution is 2.33. The van der Waals surface area contributed by atoms with Crippen molar-refractivity contribution < 1.29 is 14.3 Å². The molecule has 0 saturated carbocycles. The number of amides is 2. The predicted octanol–water partition coefficient (Wildman–Crippen LogP) is 6.46. The summed E-state index contributed by atoms with van der Waals surface area (Å²) in [4.78, 5) is 28.8. The Morgan fingerprint density at radius 2 is 1.61 bits per heavy atom. The molecule has 0 heterocycles. The van der Waals surface area contributed by atoms with Gasteiger partial charge in [0.15, 0.2) is 6.61 Å². The lowest BCUT2D eigenvalue weighted by Gasteiger charge is -2.31. The van der Waals surface area contributed by atoms with E-state index in [4.69, 9.17) is 4.74 Å². The number of carbonyl (C=O) groups excluding carboxylic acids is 2. The number of hydrogen-bond acceptors (Lipinski definition) is 3. The molecule has 1 N–H and O–H groups in total. The lowest BCUT2D eigenvalue weighted by atomic mass is 10.0. The third kappa shape index (κ3) is 7.01. The van der Waals surface area contributed by atoms with Crippen LogP contribution in [0.3, 0.4) is 0 Å². The summed E-state index contributed by atoms with van der Waals surface area (Å²) in [5.74, 6) is 0.170. The summed E-state index contributed by atoms with van der Waals surface area (Å²) in [5.41, 5.74) is 3.08. The number of fused-ring (bicyclic) bond motifs is 1. The Balaban J connectivity index is 1.62. The first-order chi connectivity index (χ1) is 18.5. The number of ether oxygens (including phenoxy) is 1. The van der Waals surface area contributed by atoms with E-state index in [-0.39, 0.29) is 18.4 Å². The van der Waals surface area contributed by atoms with E-state index in [2.05, 4.69) is 21.2 Å². The average Bonchev–Trinajstić information content (AvgIpc) is 2.94. The minimum Gasteiger partial charge on any atom is -0.483 e. The number of aryl methyl sites for hydroxylation is 1. The second kappa shape index (κ2) is 13.2. The van der Waals surface area contributed by atoms with Crippen molar-refractivity contribution in [3.8, 4) is 5.75 Å². The molecule has 0 bridgehead atoms. The van der Waals surface area contributed by atoms with Crippen LogP contribution < -0.4 is 10.1 Å². The minimum atomic E-state index is -0.679. The zero-order valence-corrected chi connectivity index (χ0v) is 23.4. The van der Waals surface area contributed by atoms with Gasteiger partial charge < -0.3 is 15.0 Å². The second-order valence-corrected chi connectivity index (χ2v) is 10.2. The highest BCUT2D eigenvalue weighted by atomic mass is 79.9. The summed E-state index contributed by atoms with van der Waals surface area (Å²) in [6, 6.07) is 29.0. The van der Waals surface area contributed by atoms with Crippen molar-refractivity contribution in [3.05, 3.63) is 112 Å². The number of hydrogen-bond donors (Lipinski definition) is 1. The van der Waals surface area contributed by atoms with Crippen molar-refractivity contribution in [1.82, 2.24) is 10.2 Å². The molecule has 5 nitrogen and oxygen atoms in total. The molecular formula is C32H33BrN2O3. The highest BCUT2D eigenvalue weighted by molar-refractivity contribution is 9.10. The summed E-state index contributed by atoms with van der Waals surface area (Å²) >= 11 is 3.64. The van der Waals surface area contributed by atoms with E-state index in [1.54, 1.807) is 4.90 Å². The summed E-state index contributed by atoms with van der Waals surface area (Å²) in [7, 11) is 0. The molecule has 38 heavy (non-hydrogen) atoms. The molecule has 196 valence electrons. The van der Waals surface area contributed by atoms with Crippen molar-refractivity contribution in [2.75, 3.05) is 13.2 Å². The molecule has 0 aliphatic heterocycles. The van der Waals surface area contributed by atoms with Crippen LogP contribution in [0, 0.1) is 6.92 Å². The van der Waals surface area contributed by atoms with Crippen LogP contribution in [-0.4, -0.2) is 35.9 Å². The molecule has 0 spiro atoms. The maximum atomic E-state index is 13.8. The molecule has 6 heteroatoms. The summed E-state index contributed by atoms with van der Waals surface area (Å²) in [6.45, 7) is 4.71. The first-order valence-electron chi connectivity index (χ1n) is 12.9. The molecule has 0 aliphatic rings. The van der Waals surface area contributed by atoms with Gasteiger partial charge in [0.05, 0.1) is 4.47 Å². The van der Waals surface area contributed by atoms with Crippen LogP contribution in [0.1, 0.15) is 30.0 Å². The van der Waals surface area contributed by atoms with Crippen LogP contribution in [0.2, 0.25) is 0 Å². The molecule has 1 unspecified atom stereocenters. The molecule has 0 aromatic heterocycles. The fourth-order valence-electron chi connectivity index (χ4n) is 4.36. The van der Waals surface area contributed by atoms with E-state index < -0.39 is 6.04 Å². The predicted molar refractivity (Wildman–Crippen MR) is 156 cm³/mol. The molecule has 0 radical (unpaired) electrons. The van der Waals surface area contributed by atoms with Gasteiger partial charge in [0.1, 0.15) is 11.8 Å². The number of benzene rings is 4. The first kappa shape index (κ1) is 27.4. The summed E-state index contributed by atoms with van der Waals surface area (Å²) in [5, 5.41) is 5.09. The number of carbonyl (C=O) groups is 2. The van der Waals surface area contributed by atoms with Gasteiger partial charge in [-0.1, -0.05) is 97.4 Å². The van der Waals surface area contributed by atoms with Crippen molar-refractivity contribution in [1.29, 1.82) is 0 Å². The number of halogens is 1. The molecule has 2 amide bonds. The van der Waals surface area contributed by atoms with Crippen LogP contribution in [0.5, 0.6) is 5.75 Å². The number of nitrogens with one attached hydrogen (secondary N) is 1. The van der Waals surface area contributed by atoms with Gasteiger partial charge in [0.2, 0.25) is 5.91 Å². The molecule has 4 aromatic carbocycles. The van der Waals surface area contributed by atoms with Crippen molar-refractivity contribution in [3.63, 3.8) is 0 Å². The summed E-state index contributed by atoms with van der Waals surface area (Å²) < 4.78 is 6.84. The number of nitrogens with zero attached hydrogens (tertiary/aromatic N) is 1. The Morgan fingerprint density at radius 3 is 2.34 bits per heavy atom. The first-order valence-corrected chi connectivity index (χ1v) is 13.7. The SMILES string of the molecule is CCCNC(=O)C(Cc1ccccc1)N(Cc1ccc(C)cc1)C(=O)COc1ccc2ccccc2c1Br. The molecule has 4 aromatic rings. The van der Waals surface area contributed by atoms with E-state index >= 15 is 0 Å². The molecule has 0 saturated heterocycles. The Morgan fingerprint density at radius 1 is 0.895 bits per heavy atom. The zero-order valence-electron chi connectivity index (χ0n) is 21.8. The van der Waals surface area contributed by atoms with Crippen molar-refractivity contribution in [2.24, 2.45) is 0 Å². The van der Waals surface area contributed by atoms with Gasteiger partial charge in [-0.3, -0.25) is 9.59 Å². The van der Waals surface area contributed by atoms with Gasteiger partial charge in [-0.05, 0) is 57.2 Å². The maximum absolute atomic E-state index is 13.8. The van der Waals surface area contributed by atoms with Crippen LogP contribution in [0.15, 0.2) is 95.5 Å². The lowest BCUT2D eigenvalue weighted by molar-refractivity contribution is -0.142.